The molecule has 37 heavy (non-hydrogen) atoms. The number of nitrogens with zero attached hydrogens (tertiary/aromatic N) is 1. The quantitative estimate of drug-likeness (QED) is 0.138. The molecule has 0 atom stereocenters. The van der Waals surface area contributed by atoms with Gasteiger partial charge >= 0.3 is 5.91 Å². The molecule has 9 heteroatoms. The van der Waals surface area contributed by atoms with Gasteiger partial charge in [-0.05, 0) is 78.5 Å². The fourth-order valence-electron chi connectivity index (χ4n) is 3.90. The second-order valence-corrected chi connectivity index (χ2v) is 10.7. The number of rotatable bonds is 7. The van der Waals surface area contributed by atoms with Crippen molar-refractivity contribution in [3.63, 3.8) is 0 Å². The average molecular weight is 687 g/mol. The van der Waals surface area contributed by atoms with E-state index in [9.17, 15) is 4.79 Å². The lowest BCUT2D eigenvalue weighted by Crippen LogP contribution is -2.16. The standard InChI is InChI=1S/C28H19Br3N2O4/c1-35-24-11-19(14-32-33-28(34)26-10-18-9-20(29)12-23(31)27(18)37-26)22(30)13-25(24)36-15-17-7-4-6-16-5-2-3-8-21(16)17/h2-14H,15H2,1H3,(H,33,34)/b32-14-. The van der Waals surface area contributed by atoms with Gasteiger partial charge in [0.1, 0.15) is 12.2 Å². The maximum absolute atomic E-state index is 12.6. The van der Waals surface area contributed by atoms with E-state index in [0.717, 1.165) is 35.1 Å². The van der Waals surface area contributed by atoms with Gasteiger partial charge in [-0.1, -0.05) is 58.4 Å². The van der Waals surface area contributed by atoms with Crippen LogP contribution >= 0.6 is 47.8 Å². The number of benzene rings is 4. The number of halogens is 3. The first-order chi connectivity index (χ1) is 17.9. The molecule has 1 N–H and O–H groups in total. The van der Waals surface area contributed by atoms with Crippen LogP contribution in [0.1, 0.15) is 21.7 Å². The second-order valence-electron chi connectivity index (χ2n) is 8.07. The molecule has 0 radical (unpaired) electrons. The largest absolute Gasteiger partial charge is 0.493 e. The Morgan fingerprint density at radius 1 is 0.946 bits per heavy atom. The van der Waals surface area contributed by atoms with Gasteiger partial charge in [-0.15, -0.1) is 0 Å². The van der Waals surface area contributed by atoms with Gasteiger partial charge in [0.15, 0.2) is 17.3 Å². The summed E-state index contributed by atoms with van der Waals surface area (Å²) >= 11 is 10.4. The predicted molar refractivity (Wildman–Crippen MR) is 156 cm³/mol. The number of methoxy groups -OCH3 is 1. The lowest BCUT2D eigenvalue weighted by Gasteiger charge is -2.14. The Labute approximate surface area is 238 Å². The van der Waals surface area contributed by atoms with Crippen molar-refractivity contribution in [2.24, 2.45) is 5.10 Å². The highest BCUT2D eigenvalue weighted by Crippen LogP contribution is 2.34. The maximum Gasteiger partial charge on any atom is 0.307 e. The van der Waals surface area contributed by atoms with Crippen molar-refractivity contribution in [3.05, 3.63) is 103 Å². The van der Waals surface area contributed by atoms with E-state index in [-0.39, 0.29) is 5.76 Å². The van der Waals surface area contributed by atoms with Gasteiger partial charge in [-0.25, -0.2) is 5.43 Å². The highest BCUT2D eigenvalue weighted by molar-refractivity contribution is 9.11. The molecule has 0 unspecified atom stereocenters. The van der Waals surface area contributed by atoms with E-state index >= 15 is 0 Å². The SMILES string of the molecule is COc1cc(/C=N\NC(=O)c2cc3cc(Br)cc(Br)c3o2)c(Br)cc1OCc1cccc2ccccc12. The van der Waals surface area contributed by atoms with E-state index in [1.54, 1.807) is 19.2 Å². The topological polar surface area (TPSA) is 73.1 Å². The van der Waals surface area contributed by atoms with Gasteiger partial charge in [0.05, 0.1) is 17.8 Å². The molecule has 0 bridgehead atoms. The van der Waals surface area contributed by atoms with Crippen LogP contribution < -0.4 is 14.9 Å². The number of furan rings is 1. The fraction of sp³-hybridized carbons (Fsp3) is 0.0714. The molecule has 6 nitrogen and oxygen atoms in total. The summed E-state index contributed by atoms with van der Waals surface area (Å²) in [6.07, 6.45) is 1.52. The first-order valence-electron chi connectivity index (χ1n) is 11.1. The van der Waals surface area contributed by atoms with Gasteiger partial charge in [-0.2, -0.15) is 5.10 Å². The summed E-state index contributed by atoms with van der Waals surface area (Å²) in [5.74, 6) is 0.819. The lowest BCUT2D eigenvalue weighted by atomic mass is 10.1. The van der Waals surface area contributed by atoms with Crippen LogP contribution in [0.5, 0.6) is 11.5 Å². The number of ether oxygens (including phenoxy) is 2. The number of hydrazone groups is 1. The summed E-state index contributed by atoms with van der Waals surface area (Å²) < 4.78 is 19.7. The minimum atomic E-state index is -0.464. The average Bonchev–Trinajstić information content (AvgIpc) is 3.33. The van der Waals surface area contributed by atoms with Gasteiger partial charge in [0.2, 0.25) is 0 Å². The molecule has 5 aromatic rings. The fourth-order valence-corrected chi connectivity index (χ4v) is 5.66. The smallest absolute Gasteiger partial charge is 0.307 e. The summed E-state index contributed by atoms with van der Waals surface area (Å²) in [7, 11) is 1.58. The third-order valence-electron chi connectivity index (χ3n) is 5.68. The monoisotopic (exact) mass is 684 g/mol. The molecule has 0 saturated carbocycles. The molecule has 0 saturated heterocycles. The molecule has 4 aromatic carbocycles. The molecule has 1 amide bonds. The summed E-state index contributed by atoms with van der Waals surface area (Å²) in [5, 5.41) is 7.19. The Bertz CT molecular complexity index is 1660. The van der Waals surface area contributed by atoms with E-state index in [4.69, 9.17) is 13.9 Å². The van der Waals surface area contributed by atoms with Crippen LogP contribution in [0.15, 0.2) is 95.7 Å². The van der Waals surface area contributed by atoms with Crippen molar-refractivity contribution >= 4 is 81.7 Å². The van der Waals surface area contributed by atoms with Crippen LogP contribution in [0.4, 0.5) is 0 Å². The summed E-state index contributed by atoms with van der Waals surface area (Å²) in [5.41, 5.74) is 4.87. The van der Waals surface area contributed by atoms with Crippen molar-refractivity contribution < 1.29 is 18.7 Å². The minimum Gasteiger partial charge on any atom is -0.493 e. The van der Waals surface area contributed by atoms with Crippen LogP contribution in [-0.2, 0) is 6.61 Å². The number of amides is 1. The van der Waals surface area contributed by atoms with Crippen molar-refractivity contribution in [3.8, 4) is 11.5 Å². The van der Waals surface area contributed by atoms with Gasteiger partial charge in [-0.3, -0.25) is 4.79 Å². The zero-order valence-corrected chi connectivity index (χ0v) is 24.2. The van der Waals surface area contributed by atoms with Crippen LogP contribution in [-0.4, -0.2) is 19.2 Å². The molecule has 1 heterocycles. The van der Waals surface area contributed by atoms with Crippen molar-refractivity contribution in [2.45, 2.75) is 6.61 Å². The summed E-state index contributed by atoms with van der Waals surface area (Å²) in [4.78, 5) is 12.6. The van der Waals surface area contributed by atoms with E-state index in [1.807, 2.05) is 42.5 Å². The van der Waals surface area contributed by atoms with Crippen molar-refractivity contribution in [2.75, 3.05) is 7.11 Å². The third-order valence-corrected chi connectivity index (χ3v) is 7.41. The number of carbonyl (C=O) groups excluding carboxylic acids is 1. The summed E-state index contributed by atoms with van der Waals surface area (Å²) in [6, 6.07) is 23.3. The van der Waals surface area contributed by atoms with E-state index in [2.05, 4.69) is 76.5 Å². The number of nitrogens with one attached hydrogen (secondary N) is 1. The third kappa shape index (κ3) is 5.58. The number of hydrogen-bond donors (Lipinski definition) is 1. The zero-order valence-electron chi connectivity index (χ0n) is 19.4. The van der Waals surface area contributed by atoms with Crippen molar-refractivity contribution in [1.82, 2.24) is 5.43 Å². The molecule has 0 aliphatic heterocycles. The number of carbonyl (C=O) groups is 1. The van der Waals surface area contributed by atoms with Crippen LogP contribution in [0.3, 0.4) is 0 Å². The Morgan fingerprint density at radius 3 is 2.59 bits per heavy atom. The van der Waals surface area contributed by atoms with E-state index < -0.39 is 5.91 Å². The highest BCUT2D eigenvalue weighted by atomic mass is 79.9. The number of hydrogen-bond acceptors (Lipinski definition) is 5. The second kappa shape index (κ2) is 11.1. The van der Waals surface area contributed by atoms with E-state index in [0.29, 0.717) is 29.3 Å². The minimum absolute atomic E-state index is 0.153. The molecule has 0 fully saturated rings. The van der Waals surface area contributed by atoms with Crippen LogP contribution in [0.25, 0.3) is 21.7 Å². The van der Waals surface area contributed by atoms with E-state index in [1.165, 1.54) is 6.21 Å². The van der Waals surface area contributed by atoms with Gasteiger partial charge in [0.25, 0.3) is 0 Å². The maximum atomic E-state index is 12.6. The normalized spacial score (nSPS) is 11.4. The van der Waals surface area contributed by atoms with Crippen LogP contribution in [0.2, 0.25) is 0 Å². The Morgan fingerprint density at radius 2 is 1.76 bits per heavy atom. The highest BCUT2D eigenvalue weighted by Gasteiger charge is 2.15. The molecule has 0 aliphatic carbocycles. The Kier molecular flexibility index (Phi) is 7.64. The van der Waals surface area contributed by atoms with Gasteiger partial charge in [0, 0.05) is 19.9 Å². The van der Waals surface area contributed by atoms with Gasteiger partial charge < -0.3 is 13.9 Å². The van der Waals surface area contributed by atoms with Crippen LogP contribution in [0, 0.1) is 0 Å². The Hall–Kier alpha value is -3.14. The first kappa shape index (κ1) is 25.5. The molecule has 0 aliphatic rings. The molecule has 0 spiro atoms. The summed E-state index contributed by atoms with van der Waals surface area (Å²) in [6.45, 7) is 0.387. The Balaban J connectivity index is 1.30. The van der Waals surface area contributed by atoms with Crippen molar-refractivity contribution in [1.29, 1.82) is 0 Å². The molecular weight excluding hydrogens is 668 g/mol. The first-order valence-corrected chi connectivity index (χ1v) is 13.5. The predicted octanol–water partition coefficient (Wildman–Crippen LogP) is 8.23. The molecule has 5 rings (SSSR count). The number of fused-ring (bicyclic) bond motifs is 2. The molecule has 1 aromatic heterocycles. The molecule has 186 valence electrons. The lowest BCUT2D eigenvalue weighted by molar-refractivity contribution is 0.0929. The molecular formula is C28H19Br3N2O4. The zero-order chi connectivity index (χ0) is 25.9.